The zero-order valence-corrected chi connectivity index (χ0v) is 16.3. The van der Waals surface area contributed by atoms with Crippen LogP contribution in [0.25, 0.3) is 44.9 Å². The molecule has 0 fully saturated rings. The summed E-state index contributed by atoms with van der Waals surface area (Å²) in [6.45, 7) is 3.15. The lowest BCUT2D eigenvalue weighted by molar-refractivity contribution is -0.669. The molecule has 136 valence electrons. The first-order valence-electron chi connectivity index (χ1n) is 9.83. The maximum absolute atomic E-state index is 2.36. The molecule has 0 saturated carbocycles. The Balaban J connectivity index is 1.61. The summed E-state index contributed by atoms with van der Waals surface area (Å²) in [5, 5.41) is 3.89. The highest BCUT2D eigenvalue weighted by molar-refractivity contribution is 6.08. The number of aryl methyl sites for hydroxylation is 2. The summed E-state index contributed by atoms with van der Waals surface area (Å²) < 4.78 is 4.63. The monoisotopic (exact) mass is 363 g/mol. The summed E-state index contributed by atoms with van der Waals surface area (Å²) in [6, 6.07) is 28.3. The molecule has 2 heteroatoms. The molecule has 0 aliphatic heterocycles. The highest BCUT2D eigenvalue weighted by Crippen LogP contribution is 2.29. The second-order valence-corrected chi connectivity index (χ2v) is 7.25. The van der Waals surface area contributed by atoms with Crippen molar-refractivity contribution in [1.29, 1.82) is 0 Å². The van der Waals surface area contributed by atoms with E-state index < -0.39 is 0 Å². The summed E-state index contributed by atoms with van der Waals surface area (Å²) in [7, 11) is 2.14. The van der Waals surface area contributed by atoms with Gasteiger partial charge in [-0.25, -0.2) is 0 Å². The van der Waals surface area contributed by atoms with Crippen molar-refractivity contribution in [3.63, 3.8) is 0 Å². The van der Waals surface area contributed by atoms with Crippen molar-refractivity contribution < 1.29 is 4.57 Å². The van der Waals surface area contributed by atoms with Crippen LogP contribution >= 0.6 is 0 Å². The zero-order valence-electron chi connectivity index (χ0n) is 16.3. The lowest BCUT2D eigenvalue weighted by Crippen LogP contribution is -2.36. The van der Waals surface area contributed by atoms with Crippen LogP contribution in [-0.4, -0.2) is 4.57 Å². The molecule has 0 radical (unpaired) electrons. The van der Waals surface area contributed by atoms with E-state index in [0.29, 0.717) is 0 Å². The molecule has 0 spiro atoms. The fourth-order valence-corrected chi connectivity index (χ4v) is 4.25. The highest BCUT2D eigenvalue weighted by atomic mass is 15.0. The molecule has 0 aliphatic carbocycles. The quantitative estimate of drug-likeness (QED) is 0.350. The molecule has 0 aliphatic rings. The van der Waals surface area contributed by atoms with E-state index in [4.69, 9.17) is 0 Å². The van der Waals surface area contributed by atoms with E-state index in [9.17, 15) is 0 Å². The van der Waals surface area contributed by atoms with E-state index >= 15 is 0 Å². The topological polar surface area (TPSA) is 8.81 Å². The number of benzene rings is 3. The average molecular weight is 363 g/mol. The van der Waals surface area contributed by atoms with Gasteiger partial charge in [-0.2, -0.15) is 4.57 Å². The van der Waals surface area contributed by atoms with Gasteiger partial charge in [0.15, 0.2) is 0 Å². The summed E-state index contributed by atoms with van der Waals surface area (Å²) in [4.78, 5) is 0. The molecule has 0 unspecified atom stereocenters. The lowest BCUT2D eigenvalue weighted by atomic mass is 10.1. The summed E-state index contributed by atoms with van der Waals surface area (Å²) in [6.07, 6.45) is 4.44. The minimum atomic E-state index is 0.948. The fourth-order valence-electron chi connectivity index (χ4n) is 4.25. The molecule has 5 rings (SSSR count). The first-order chi connectivity index (χ1) is 13.8. The molecule has 5 aromatic rings. The number of nitrogens with zero attached hydrogens (tertiary/aromatic N) is 2. The smallest absolute Gasteiger partial charge is 0.212 e. The van der Waals surface area contributed by atoms with Gasteiger partial charge in [0.25, 0.3) is 0 Å². The minimum absolute atomic E-state index is 0.948. The van der Waals surface area contributed by atoms with Gasteiger partial charge < -0.3 is 4.57 Å². The van der Waals surface area contributed by atoms with Gasteiger partial charge in [0.1, 0.15) is 6.54 Å². The third kappa shape index (κ3) is 2.61. The van der Waals surface area contributed by atoms with E-state index in [0.717, 1.165) is 6.54 Å². The molecule has 0 N–H and O–H groups in total. The normalized spacial score (nSPS) is 11.9. The van der Waals surface area contributed by atoms with Crippen LogP contribution in [-0.2, 0) is 13.6 Å². The third-order valence-electron chi connectivity index (χ3n) is 5.67. The van der Waals surface area contributed by atoms with Crippen molar-refractivity contribution in [3.8, 4) is 0 Å². The number of pyridine rings is 1. The van der Waals surface area contributed by atoms with Crippen LogP contribution in [0.2, 0.25) is 0 Å². The Morgan fingerprint density at radius 1 is 0.786 bits per heavy atom. The van der Waals surface area contributed by atoms with Crippen LogP contribution in [0.4, 0.5) is 0 Å². The van der Waals surface area contributed by atoms with Gasteiger partial charge in [0, 0.05) is 52.4 Å². The third-order valence-corrected chi connectivity index (χ3v) is 5.67. The molecule has 2 heterocycles. The van der Waals surface area contributed by atoms with E-state index in [2.05, 4.69) is 114 Å². The second kappa shape index (κ2) is 6.65. The van der Waals surface area contributed by atoms with Crippen molar-refractivity contribution in [2.75, 3.05) is 0 Å². The summed E-state index contributed by atoms with van der Waals surface area (Å²) >= 11 is 0. The number of fused-ring (bicyclic) bond motifs is 4. The SMILES string of the molecule is CC[n+]1c(C=Cc2ccc3c(c2)c2ccccc2n3C)ccc2ccccc21. The Kier molecular flexibility index (Phi) is 3.98. The Hall–Kier alpha value is -3.39. The van der Waals surface area contributed by atoms with Crippen LogP contribution in [0, 0.1) is 0 Å². The van der Waals surface area contributed by atoms with Gasteiger partial charge in [0.05, 0.1) is 0 Å². The molecule has 2 aromatic heterocycles. The van der Waals surface area contributed by atoms with Gasteiger partial charge in [-0.3, -0.25) is 0 Å². The summed E-state index contributed by atoms with van der Waals surface area (Å²) in [5.41, 5.74) is 6.26. The molecular formula is C26H23N2+. The predicted molar refractivity (Wildman–Crippen MR) is 119 cm³/mol. The van der Waals surface area contributed by atoms with Crippen molar-refractivity contribution in [3.05, 3.63) is 90.1 Å². The van der Waals surface area contributed by atoms with Crippen molar-refractivity contribution in [2.45, 2.75) is 13.5 Å². The Morgan fingerprint density at radius 2 is 1.57 bits per heavy atom. The minimum Gasteiger partial charge on any atom is -0.344 e. The molecular weight excluding hydrogens is 340 g/mol. The van der Waals surface area contributed by atoms with Crippen LogP contribution in [0.3, 0.4) is 0 Å². The van der Waals surface area contributed by atoms with E-state index in [-0.39, 0.29) is 0 Å². The van der Waals surface area contributed by atoms with Crippen LogP contribution in [0.1, 0.15) is 18.2 Å². The number of aromatic nitrogens is 2. The van der Waals surface area contributed by atoms with Crippen LogP contribution in [0.5, 0.6) is 0 Å². The molecule has 0 bridgehead atoms. The molecule has 0 atom stereocenters. The highest BCUT2D eigenvalue weighted by Gasteiger charge is 2.11. The van der Waals surface area contributed by atoms with Crippen molar-refractivity contribution in [1.82, 2.24) is 4.57 Å². The average Bonchev–Trinajstić information content (AvgIpc) is 3.04. The second-order valence-electron chi connectivity index (χ2n) is 7.25. The first kappa shape index (κ1) is 16.8. The van der Waals surface area contributed by atoms with Crippen LogP contribution in [0.15, 0.2) is 78.9 Å². The van der Waals surface area contributed by atoms with Crippen molar-refractivity contribution in [2.24, 2.45) is 7.05 Å². The fraction of sp³-hybridized carbons (Fsp3) is 0.115. The first-order valence-corrected chi connectivity index (χ1v) is 9.83. The van der Waals surface area contributed by atoms with Crippen LogP contribution < -0.4 is 4.57 Å². The Morgan fingerprint density at radius 3 is 2.46 bits per heavy atom. The number of rotatable bonds is 3. The molecule has 3 aromatic carbocycles. The molecule has 0 amide bonds. The van der Waals surface area contributed by atoms with Crippen molar-refractivity contribution >= 4 is 44.9 Å². The predicted octanol–water partition coefficient (Wildman–Crippen LogP) is 5.96. The zero-order chi connectivity index (χ0) is 19.1. The Labute approximate surface area is 165 Å². The van der Waals surface area contributed by atoms with Gasteiger partial charge in [0.2, 0.25) is 11.2 Å². The van der Waals surface area contributed by atoms with Gasteiger partial charge >= 0.3 is 0 Å². The number of hydrogen-bond donors (Lipinski definition) is 0. The van der Waals surface area contributed by atoms with Gasteiger partial charge in [-0.1, -0.05) is 36.4 Å². The molecule has 0 saturated heterocycles. The largest absolute Gasteiger partial charge is 0.344 e. The lowest BCUT2D eigenvalue weighted by Gasteiger charge is -2.03. The van der Waals surface area contributed by atoms with E-state index in [1.807, 2.05) is 0 Å². The standard InChI is InChI=1S/C26H23N2/c1-3-28-21(16-14-20-8-4-6-10-24(20)28)15-12-19-13-17-26-23(18-19)22-9-5-7-11-25(22)27(26)2/h4-18H,3H2,1-2H3/q+1. The molecule has 28 heavy (non-hydrogen) atoms. The summed E-state index contributed by atoms with van der Waals surface area (Å²) in [5.74, 6) is 0. The van der Waals surface area contributed by atoms with E-state index in [1.165, 1.54) is 44.0 Å². The van der Waals surface area contributed by atoms with E-state index in [1.54, 1.807) is 0 Å². The Bertz CT molecular complexity index is 1360. The molecule has 2 nitrogen and oxygen atoms in total. The van der Waals surface area contributed by atoms with Gasteiger partial charge in [-0.05, 0) is 48.9 Å². The number of hydrogen-bond acceptors (Lipinski definition) is 0. The maximum atomic E-state index is 2.36. The maximum Gasteiger partial charge on any atom is 0.212 e. The number of para-hydroxylation sites is 2. The van der Waals surface area contributed by atoms with Gasteiger partial charge in [-0.15, -0.1) is 0 Å².